The van der Waals surface area contributed by atoms with E-state index < -0.39 is 11.9 Å². The third-order valence-corrected chi connectivity index (χ3v) is 4.26. The third-order valence-electron chi connectivity index (χ3n) is 4.01. The second-order valence-electron chi connectivity index (χ2n) is 5.74. The zero-order chi connectivity index (χ0) is 19.6. The summed E-state index contributed by atoms with van der Waals surface area (Å²) in [5, 5.41) is 4.91. The van der Waals surface area contributed by atoms with Crippen LogP contribution in [0.15, 0.2) is 48.5 Å². The number of halogens is 1. The molecule has 1 amide bonds. The quantitative estimate of drug-likeness (QED) is 0.645. The van der Waals surface area contributed by atoms with Gasteiger partial charge in [-0.05, 0) is 43.3 Å². The first kappa shape index (κ1) is 18.6. The van der Waals surface area contributed by atoms with E-state index in [9.17, 15) is 9.59 Å². The Morgan fingerprint density at radius 2 is 1.78 bits per heavy atom. The fourth-order valence-corrected chi connectivity index (χ4v) is 2.74. The lowest BCUT2D eigenvalue weighted by molar-refractivity contribution is 0.0601. The van der Waals surface area contributed by atoms with Crippen LogP contribution in [-0.2, 0) is 4.74 Å². The summed E-state index contributed by atoms with van der Waals surface area (Å²) < 4.78 is 6.34. The molecule has 0 saturated carbocycles. The summed E-state index contributed by atoms with van der Waals surface area (Å²) in [6.07, 6.45) is 0. The Balaban J connectivity index is 1.94. The molecule has 0 aliphatic rings. The topological polar surface area (TPSA) is 77.3 Å². The lowest BCUT2D eigenvalue weighted by atomic mass is 10.1. The second kappa shape index (κ2) is 7.59. The Morgan fingerprint density at radius 3 is 2.44 bits per heavy atom. The number of hydrogen-bond donors (Lipinski definition) is 0. The highest BCUT2D eigenvalue weighted by molar-refractivity contribution is 6.30. The van der Waals surface area contributed by atoms with Crippen molar-refractivity contribution in [3.05, 3.63) is 70.8 Å². The molecule has 27 heavy (non-hydrogen) atoms. The molecule has 0 saturated heterocycles. The Bertz CT molecular complexity index is 998. The van der Waals surface area contributed by atoms with Crippen LogP contribution in [0.5, 0.6) is 0 Å². The Kier molecular flexibility index (Phi) is 5.23. The zero-order valence-electron chi connectivity index (χ0n) is 15.0. The fourth-order valence-electron chi connectivity index (χ4n) is 2.62. The minimum absolute atomic E-state index is 0.0182. The first-order chi connectivity index (χ1) is 12.9. The predicted molar refractivity (Wildman–Crippen MR) is 102 cm³/mol. The molecule has 0 radical (unpaired) electrons. The minimum Gasteiger partial charge on any atom is -0.465 e. The van der Waals surface area contributed by atoms with Crippen molar-refractivity contribution >= 4 is 29.2 Å². The maximum absolute atomic E-state index is 12.9. The third kappa shape index (κ3) is 3.68. The molecule has 0 unspecified atom stereocenters. The van der Waals surface area contributed by atoms with Crippen LogP contribution in [0.2, 0.25) is 5.02 Å². The van der Waals surface area contributed by atoms with Crippen molar-refractivity contribution in [1.82, 2.24) is 14.8 Å². The number of rotatable bonds is 4. The van der Waals surface area contributed by atoms with Crippen molar-refractivity contribution in [2.45, 2.75) is 6.92 Å². The number of methoxy groups -OCH3 is 1. The van der Waals surface area contributed by atoms with Crippen molar-refractivity contribution < 1.29 is 14.3 Å². The standard InChI is InChI=1S/C19H17ClN4O3/c1-12-21-17(22-24(12)14-10-8-13(20)9-11-14)18(25)23(2)16-7-5-4-6-15(16)19(26)27-3/h4-11H,1-3H3. The van der Waals surface area contributed by atoms with E-state index in [-0.39, 0.29) is 11.4 Å². The average Bonchev–Trinajstić information content (AvgIpc) is 3.08. The lowest BCUT2D eigenvalue weighted by Crippen LogP contribution is -2.29. The fraction of sp³-hybridized carbons (Fsp3) is 0.158. The van der Waals surface area contributed by atoms with E-state index in [0.717, 1.165) is 5.69 Å². The van der Waals surface area contributed by atoms with E-state index in [1.807, 2.05) is 0 Å². The Labute approximate surface area is 161 Å². The van der Waals surface area contributed by atoms with Gasteiger partial charge in [0.15, 0.2) is 0 Å². The molecule has 138 valence electrons. The zero-order valence-corrected chi connectivity index (χ0v) is 15.8. The van der Waals surface area contributed by atoms with Crippen LogP contribution in [0.4, 0.5) is 5.69 Å². The van der Waals surface area contributed by atoms with E-state index in [4.69, 9.17) is 16.3 Å². The number of ether oxygens (including phenoxy) is 1. The van der Waals surface area contributed by atoms with E-state index in [2.05, 4.69) is 10.1 Å². The number of benzene rings is 2. The number of carbonyl (C=O) groups excluding carboxylic acids is 2. The molecule has 0 aliphatic carbocycles. The van der Waals surface area contributed by atoms with Crippen molar-refractivity contribution in [2.75, 3.05) is 19.1 Å². The summed E-state index contributed by atoms with van der Waals surface area (Å²) in [5.41, 5.74) is 1.43. The monoisotopic (exact) mass is 384 g/mol. The van der Waals surface area contributed by atoms with Crippen LogP contribution in [0, 0.1) is 6.92 Å². The highest BCUT2D eigenvalue weighted by Gasteiger charge is 2.23. The highest BCUT2D eigenvalue weighted by atomic mass is 35.5. The number of aromatic nitrogens is 3. The number of para-hydroxylation sites is 1. The molecule has 0 atom stereocenters. The molecule has 2 aromatic carbocycles. The molecular weight excluding hydrogens is 368 g/mol. The molecule has 3 rings (SSSR count). The van der Waals surface area contributed by atoms with Crippen LogP contribution < -0.4 is 4.90 Å². The van der Waals surface area contributed by atoms with Gasteiger partial charge in [-0.15, -0.1) is 5.10 Å². The van der Waals surface area contributed by atoms with Crippen LogP contribution in [-0.4, -0.2) is 40.8 Å². The normalized spacial score (nSPS) is 10.5. The summed E-state index contributed by atoms with van der Waals surface area (Å²) in [7, 11) is 2.85. The van der Waals surface area contributed by atoms with Gasteiger partial charge in [-0.25, -0.2) is 14.5 Å². The van der Waals surface area contributed by atoms with Gasteiger partial charge in [-0.1, -0.05) is 23.7 Å². The van der Waals surface area contributed by atoms with Crippen LogP contribution >= 0.6 is 11.6 Å². The van der Waals surface area contributed by atoms with Gasteiger partial charge in [0.2, 0.25) is 5.82 Å². The Hall–Kier alpha value is -3.19. The van der Waals surface area contributed by atoms with Crippen molar-refractivity contribution in [3.8, 4) is 5.69 Å². The molecule has 8 heteroatoms. The van der Waals surface area contributed by atoms with Gasteiger partial charge in [0.05, 0.1) is 24.0 Å². The molecule has 1 aromatic heterocycles. The van der Waals surface area contributed by atoms with E-state index in [1.54, 1.807) is 67.2 Å². The van der Waals surface area contributed by atoms with Gasteiger partial charge in [0.1, 0.15) is 5.82 Å². The van der Waals surface area contributed by atoms with E-state index in [0.29, 0.717) is 16.5 Å². The summed E-state index contributed by atoms with van der Waals surface area (Å²) in [5.74, 6) is -0.400. The molecule has 0 fully saturated rings. The summed E-state index contributed by atoms with van der Waals surface area (Å²) in [6, 6.07) is 13.7. The largest absolute Gasteiger partial charge is 0.465 e. The molecule has 0 aliphatic heterocycles. The number of nitrogens with zero attached hydrogens (tertiary/aromatic N) is 4. The molecule has 0 bridgehead atoms. The first-order valence-electron chi connectivity index (χ1n) is 8.07. The van der Waals surface area contributed by atoms with Crippen LogP contribution in [0.25, 0.3) is 5.69 Å². The lowest BCUT2D eigenvalue weighted by Gasteiger charge is -2.18. The number of anilines is 1. The number of esters is 1. The minimum atomic E-state index is -0.527. The molecule has 1 heterocycles. The summed E-state index contributed by atoms with van der Waals surface area (Å²) >= 11 is 5.91. The maximum atomic E-state index is 12.9. The van der Waals surface area contributed by atoms with Gasteiger partial charge in [0.25, 0.3) is 5.91 Å². The van der Waals surface area contributed by atoms with Gasteiger partial charge < -0.3 is 9.64 Å². The van der Waals surface area contributed by atoms with Gasteiger partial charge in [0, 0.05) is 12.1 Å². The van der Waals surface area contributed by atoms with Crippen molar-refractivity contribution in [1.29, 1.82) is 0 Å². The van der Waals surface area contributed by atoms with Gasteiger partial charge in [-0.3, -0.25) is 4.79 Å². The smallest absolute Gasteiger partial charge is 0.339 e. The second-order valence-corrected chi connectivity index (χ2v) is 6.18. The van der Waals surface area contributed by atoms with Crippen molar-refractivity contribution in [3.63, 3.8) is 0 Å². The maximum Gasteiger partial charge on any atom is 0.339 e. The predicted octanol–water partition coefficient (Wildman–Crippen LogP) is 3.29. The van der Waals surface area contributed by atoms with E-state index in [1.165, 1.54) is 12.0 Å². The van der Waals surface area contributed by atoms with E-state index >= 15 is 0 Å². The number of hydrogen-bond acceptors (Lipinski definition) is 5. The number of amides is 1. The number of aryl methyl sites for hydroxylation is 1. The average molecular weight is 385 g/mol. The summed E-state index contributed by atoms with van der Waals surface area (Å²) in [6.45, 7) is 1.75. The summed E-state index contributed by atoms with van der Waals surface area (Å²) in [4.78, 5) is 30.4. The van der Waals surface area contributed by atoms with Gasteiger partial charge >= 0.3 is 5.97 Å². The Morgan fingerprint density at radius 1 is 1.11 bits per heavy atom. The molecule has 7 nitrogen and oxygen atoms in total. The SMILES string of the molecule is COC(=O)c1ccccc1N(C)C(=O)c1nc(C)n(-c2ccc(Cl)cc2)n1. The van der Waals surface area contributed by atoms with Gasteiger partial charge in [-0.2, -0.15) is 0 Å². The first-order valence-corrected chi connectivity index (χ1v) is 8.45. The molecule has 0 N–H and O–H groups in total. The molecule has 0 spiro atoms. The molecule has 3 aromatic rings. The van der Waals surface area contributed by atoms with Crippen LogP contribution in [0.3, 0.4) is 0 Å². The number of carbonyl (C=O) groups is 2. The van der Waals surface area contributed by atoms with Crippen molar-refractivity contribution in [2.24, 2.45) is 0 Å². The molecular formula is C19H17ClN4O3. The highest BCUT2D eigenvalue weighted by Crippen LogP contribution is 2.22. The van der Waals surface area contributed by atoms with Crippen LogP contribution in [0.1, 0.15) is 26.8 Å².